The zero-order valence-corrected chi connectivity index (χ0v) is 22.4. The average molecular weight is 644 g/mol. The van der Waals surface area contributed by atoms with Gasteiger partial charge in [-0.15, -0.1) is 0 Å². The van der Waals surface area contributed by atoms with Crippen LogP contribution in [0.5, 0.6) is 0 Å². The summed E-state index contributed by atoms with van der Waals surface area (Å²) < 4.78 is 7.84. The summed E-state index contributed by atoms with van der Waals surface area (Å²) in [6, 6.07) is 4.72. The Bertz CT molecular complexity index is 1030. The van der Waals surface area contributed by atoms with Gasteiger partial charge in [0.2, 0.25) is 0 Å². The van der Waals surface area contributed by atoms with Gasteiger partial charge in [0, 0.05) is 0 Å². The third-order valence-corrected chi connectivity index (χ3v) is 15.7. The van der Waals surface area contributed by atoms with Crippen molar-refractivity contribution in [2.24, 2.45) is 10.7 Å². The molecular formula is C23H30I2N6. The van der Waals surface area contributed by atoms with E-state index < -0.39 is 19.8 Å². The third kappa shape index (κ3) is 4.39. The van der Waals surface area contributed by atoms with Crippen molar-refractivity contribution < 1.29 is 0 Å². The van der Waals surface area contributed by atoms with Crippen molar-refractivity contribution in [2.45, 2.75) is 51.6 Å². The van der Waals surface area contributed by atoms with Crippen molar-refractivity contribution in [1.29, 1.82) is 5.41 Å². The van der Waals surface area contributed by atoms with Crippen molar-refractivity contribution in [3.63, 3.8) is 0 Å². The van der Waals surface area contributed by atoms with Gasteiger partial charge in [-0.05, 0) is 0 Å². The second kappa shape index (κ2) is 9.01. The molecule has 1 aromatic rings. The molecule has 2 fully saturated rings. The van der Waals surface area contributed by atoms with Gasteiger partial charge in [-0.3, -0.25) is 0 Å². The van der Waals surface area contributed by atoms with Crippen LogP contribution in [0.4, 0.5) is 0 Å². The van der Waals surface area contributed by atoms with Gasteiger partial charge < -0.3 is 0 Å². The first-order valence-corrected chi connectivity index (χ1v) is 17.1. The fraction of sp³-hybridized carbons (Fsp3) is 0.478. The molecule has 2 atom stereocenters. The Morgan fingerprint density at radius 1 is 1.29 bits per heavy atom. The van der Waals surface area contributed by atoms with E-state index in [1.54, 1.807) is 0 Å². The Balaban J connectivity index is 1.41. The number of halogens is 2. The molecule has 166 valence electrons. The van der Waals surface area contributed by atoms with Gasteiger partial charge in [0.15, 0.2) is 0 Å². The van der Waals surface area contributed by atoms with Crippen LogP contribution in [0.15, 0.2) is 47.0 Å². The van der Waals surface area contributed by atoms with Crippen LogP contribution >= 0.6 is 40.8 Å². The molecule has 8 heteroatoms. The topological polar surface area (TPSA) is 81.6 Å². The summed E-state index contributed by atoms with van der Waals surface area (Å²) in [6.07, 6.45) is 11.2. The number of nitrogens with zero attached hydrogens (tertiary/aromatic N) is 4. The molecule has 31 heavy (non-hydrogen) atoms. The minimum absolute atomic E-state index is 0.300. The van der Waals surface area contributed by atoms with E-state index in [1.165, 1.54) is 34.5 Å². The van der Waals surface area contributed by atoms with Gasteiger partial charge in [-0.25, -0.2) is 0 Å². The van der Waals surface area contributed by atoms with Gasteiger partial charge in [-0.1, -0.05) is 0 Å². The monoisotopic (exact) mass is 644 g/mol. The first-order chi connectivity index (χ1) is 15.0. The molecule has 3 N–H and O–H groups in total. The Morgan fingerprint density at radius 3 is 2.94 bits per heavy atom. The number of hydrogen-bond acceptors (Lipinski definition) is 5. The number of likely N-dealkylation sites (tertiary alicyclic amines) is 1. The molecule has 2 saturated heterocycles. The number of aliphatic imine (C=N–C) groups is 1. The fourth-order valence-corrected chi connectivity index (χ4v) is 14.2. The van der Waals surface area contributed by atoms with Gasteiger partial charge >= 0.3 is 203 Å². The number of pyridine rings is 1. The number of allylic oxidation sites excluding steroid dienone is 1. The number of hydrogen-bond donors (Lipinski definition) is 2. The van der Waals surface area contributed by atoms with Gasteiger partial charge in [0.1, 0.15) is 0 Å². The summed E-state index contributed by atoms with van der Waals surface area (Å²) in [5, 5.41) is 8.90. The van der Waals surface area contributed by atoms with E-state index in [0.29, 0.717) is 17.9 Å². The second-order valence-corrected chi connectivity index (χ2v) is 17.0. The van der Waals surface area contributed by atoms with Crippen LogP contribution in [-0.2, 0) is 0 Å². The molecular weight excluding hydrogens is 614 g/mol. The summed E-state index contributed by atoms with van der Waals surface area (Å²) in [4.78, 5) is 12.0. The third-order valence-electron chi connectivity index (χ3n) is 6.13. The number of fused-ring (bicyclic) bond motifs is 1. The SMILES string of the molecule is CC1=CN2I=C([C@@H]3CCCCN3C(=N)c3cc(C)ccn3)C=C2N=C1I1CC[C@H](N)C1. The van der Waals surface area contributed by atoms with Crippen LogP contribution in [0, 0.1) is 12.3 Å². The Kier molecular flexibility index (Phi) is 6.31. The van der Waals surface area contributed by atoms with Gasteiger partial charge in [-0.2, -0.15) is 0 Å². The number of nitrogens with two attached hydrogens (primary N) is 1. The predicted octanol–water partition coefficient (Wildman–Crippen LogP) is 4.34. The van der Waals surface area contributed by atoms with Gasteiger partial charge in [0.25, 0.3) is 0 Å². The molecule has 1 aromatic heterocycles. The molecule has 5 rings (SSSR count). The number of aromatic nitrogens is 1. The Morgan fingerprint density at radius 2 is 2.16 bits per heavy atom. The number of aryl methyl sites for hydroxylation is 1. The fourth-order valence-electron chi connectivity index (χ4n) is 4.49. The van der Waals surface area contributed by atoms with Crippen molar-refractivity contribution >= 4 is 53.9 Å². The molecule has 0 bridgehead atoms. The number of amidine groups is 1. The number of rotatable bonds is 3. The maximum atomic E-state index is 8.90. The van der Waals surface area contributed by atoms with Crippen molar-refractivity contribution in [3.05, 3.63) is 53.3 Å². The first-order valence-electron chi connectivity index (χ1n) is 11.0. The molecule has 0 aliphatic carbocycles. The second-order valence-electron chi connectivity index (χ2n) is 8.62. The quantitative estimate of drug-likeness (QED) is 0.169. The van der Waals surface area contributed by atoms with E-state index in [9.17, 15) is 0 Å². The summed E-state index contributed by atoms with van der Waals surface area (Å²) in [7, 11) is 0. The molecule has 4 aliphatic heterocycles. The minimum atomic E-state index is -1.21. The number of piperidine rings is 1. The van der Waals surface area contributed by atoms with Crippen LogP contribution in [0.2, 0.25) is 0 Å². The van der Waals surface area contributed by atoms with E-state index in [1.807, 2.05) is 18.3 Å². The van der Waals surface area contributed by atoms with Crippen LogP contribution in [0.1, 0.15) is 43.9 Å². The molecule has 0 spiro atoms. The zero-order chi connectivity index (χ0) is 21.5. The van der Waals surface area contributed by atoms with E-state index in [4.69, 9.17) is 16.1 Å². The van der Waals surface area contributed by atoms with Crippen LogP contribution < -0.4 is 5.73 Å². The molecule has 0 aromatic carbocycles. The molecule has 0 radical (unpaired) electrons. The molecule has 5 heterocycles. The Labute approximate surface area is 202 Å². The molecule has 4 aliphatic rings. The van der Waals surface area contributed by atoms with Crippen molar-refractivity contribution in [2.75, 3.05) is 15.4 Å². The number of nitrogens with one attached hydrogen (secondary N) is 1. The normalized spacial score (nSPS) is 27.1. The molecule has 0 unspecified atom stereocenters. The summed E-state index contributed by atoms with van der Waals surface area (Å²) >= 11 is -1.51. The first kappa shape index (κ1) is 21.7. The van der Waals surface area contributed by atoms with Gasteiger partial charge in [0.05, 0.1) is 0 Å². The molecule has 0 saturated carbocycles. The zero-order valence-electron chi connectivity index (χ0n) is 18.1. The number of alkyl halides is 2. The standard InChI is InChI=1S/C23H30I2N6/c1-15-7-9-28-19(11-15)23(27)30-10-4-3-5-20(30)18-12-21-29-22(16(2)14-31(21)24-18)25-8-6-17(26)13-25/h7,9,11-12,14,17,20,27H,3-6,8,10,13,26H2,1-2H3/t17-,20-/m0/s1. The van der Waals surface area contributed by atoms with E-state index >= 15 is 0 Å². The summed E-state index contributed by atoms with van der Waals surface area (Å²) in [5.41, 5.74) is 9.53. The molecule has 6 nitrogen and oxygen atoms in total. The van der Waals surface area contributed by atoms with Crippen molar-refractivity contribution in [3.8, 4) is 0 Å². The summed E-state index contributed by atoms with van der Waals surface area (Å²) in [5.74, 6) is 1.71. The van der Waals surface area contributed by atoms with E-state index in [2.05, 4.69) is 39.1 Å². The molecule has 0 amide bonds. The predicted molar refractivity (Wildman–Crippen MR) is 147 cm³/mol. The van der Waals surface area contributed by atoms with E-state index in [-0.39, 0.29) is 21.0 Å². The van der Waals surface area contributed by atoms with Crippen LogP contribution in [0.3, 0.4) is 0 Å². The summed E-state index contributed by atoms with van der Waals surface area (Å²) in [6.45, 7) is 5.24. The van der Waals surface area contributed by atoms with Crippen LogP contribution in [0.25, 0.3) is 0 Å². The Hall–Kier alpha value is -1.14. The maximum absolute atomic E-state index is 8.90. The van der Waals surface area contributed by atoms with Crippen molar-refractivity contribution in [1.82, 2.24) is 13.0 Å². The van der Waals surface area contributed by atoms with E-state index in [0.717, 1.165) is 36.5 Å². The average Bonchev–Trinajstić information content (AvgIpc) is 3.38. The van der Waals surface area contributed by atoms with Crippen LogP contribution in [-0.4, -0.2) is 53.5 Å².